The SMILES string of the molecule is CCN1/C(=C/C=C/C=C/C2=C(CCCCCC(=O)NCC(=O)NC(C)C(=O)NCC(=O)N3C[C@@H](O)CC3C(=O)N3CCCC3C(=O)NC(Cc3ccc(O)cc3)C(N)=O)c3ccc4c(S(=O)(=O)O)cc(S(=O)(=O)O)cc4c3C2(C)C)C(C)(C)c2c1ccc1c(S(=O)(=O)O)cc(S(=O)(=O)O)cc21. The number of carbonyl (C=O) groups excluding carboxylic acids is 7. The van der Waals surface area contributed by atoms with Crippen molar-refractivity contribution in [3.8, 4) is 5.75 Å². The smallest absolute Gasteiger partial charge is 0.295 e. The van der Waals surface area contributed by atoms with E-state index in [0.717, 1.165) is 22.6 Å². The number of hydrogen-bond donors (Lipinski definition) is 11. The highest BCUT2D eigenvalue weighted by molar-refractivity contribution is 7.87. The lowest BCUT2D eigenvalue weighted by Gasteiger charge is -2.31. The van der Waals surface area contributed by atoms with Gasteiger partial charge >= 0.3 is 0 Å². The molecule has 7 amide bonds. The topological polar surface area (TPSA) is 461 Å². The van der Waals surface area contributed by atoms with Crippen molar-refractivity contribution in [2.75, 3.05) is 37.6 Å². The van der Waals surface area contributed by atoms with Crippen LogP contribution >= 0.6 is 0 Å². The first-order valence-corrected chi connectivity index (χ1v) is 38.1. The highest BCUT2D eigenvalue weighted by atomic mass is 32.2. The number of likely N-dealkylation sites (tertiary alicyclic amines) is 2. The molecule has 2 saturated heterocycles. The van der Waals surface area contributed by atoms with E-state index in [-0.39, 0.29) is 66.1 Å². The lowest BCUT2D eigenvalue weighted by molar-refractivity contribution is -0.146. The number of aliphatic hydroxyl groups is 1. The van der Waals surface area contributed by atoms with Gasteiger partial charge in [-0.3, -0.25) is 51.8 Å². The van der Waals surface area contributed by atoms with Crippen LogP contribution in [0.15, 0.2) is 134 Å². The summed E-state index contributed by atoms with van der Waals surface area (Å²) in [6, 6.07) is 11.2. The van der Waals surface area contributed by atoms with Crippen LogP contribution in [-0.2, 0) is 91.3 Å². The number of phenols is 1. The number of β-amino-alcohol motifs (C(OH)–C–C–N with tert-alkyl or cyclic N) is 1. The number of rotatable bonds is 26. The summed E-state index contributed by atoms with van der Waals surface area (Å²) in [5, 5.41) is 30.6. The van der Waals surface area contributed by atoms with E-state index in [0.29, 0.717) is 90.0 Å². The molecule has 9 rings (SSSR count). The molecule has 542 valence electrons. The maximum Gasteiger partial charge on any atom is 0.295 e. The van der Waals surface area contributed by atoms with Gasteiger partial charge in [-0.15, -0.1) is 0 Å². The van der Waals surface area contributed by atoms with Crippen LogP contribution in [0.2, 0.25) is 0 Å². The van der Waals surface area contributed by atoms with Crippen molar-refractivity contribution in [1.29, 1.82) is 0 Å². The van der Waals surface area contributed by atoms with Gasteiger partial charge in [-0.2, -0.15) is 33.7 Å². The largest absolute Gasteiger partial charge is 0.508 e. The monoisotopic (exact) mass is 1470 g/mol. The number of amides is 7. The number of nitrogens with zero attached hydrogens (tertiary/aromatic N) is 3. The number of benzene rings is 5. The predicted molar refractivity (Wildman–Crippen MR) is 370 cm³/mol. The zero-order chi connectivity index (χ0) is 74.2. The summed E-state index contributed by atoms with van der Waals surface area (Å²) in [4.78, 5) is 94.1. The minimum atomic E-state index is -5.06. The maximum atomic E-state index is 14.0. The summed E-state index contributed by atoms with van der Waals surface area (Å²) >= 11 is 0. The highest BCUT2D eigenvalue weighted by Crippen LogP contribution is 2.54. The van der Waals surface area contributed by atoms with Crippen LogP contribution in [-0.4, -0.2) is 176 Å². The molecule has 5 aromatic carbocycles. The molecule has 3 aliphatic heterocycles. The highest BCUT2D eigenvalue weighted by Gasteiger charge is 2.46. The number of likely N-dealkylation sites (N-methyl/N-ethyl adjacent to an activating group) is 1. The average Bonchev–Trinajstić information content (AvgIpc) is 1.60. The summed E-state index contributed by atoms with van der Waals surface area (Å²) in [5.74, 6) is -4.85. The number of nitrogens with one attached hydrogen (secondary N) is 4. The lowest BCUT2D eigenvalue weighted by atomic mass is 9.78. The van der Waals surface area contributed by atoms with Crippen molar-refractivity contribution in [3.05, 3.63) is 137 Å². The predicted octanol–water partition coefficient (Wildman–Crippen LogP) is 4.40. The Balaban J connectivity index is 0.824. The zero-order valence-corrected chi connectivity index (χ0v) is 59.2. The second-order valence-corrected chi connectivity index (χ2v) is 32.0. The van der Waals surface area contributed by atoms with Gasteiger partial charge < -0.3 is 51.9 Å². The number of nitrogens with two attached hydrogens (primary N) is 1. The van der Waals surface area contributed by atoms with Gasteiger partial charge in [-0.25, -0.2) is 0 Å². The van der Waals surface area contributed by atoms with Crippen LogP contribution in [0.5, 0.6) is 5.75 Å². The number of aromatic hydroxyl groups is 1. The fraction of sp³-hybridized carbons (Fsp3) is 0.397. The second-order valence-electron chi connectivity index (χ2n) is 26.4. The second kappa shape index (κ2) is 29.6. The number of unbranched alkanes of at least 4 members (excludes halogenated alkanes) is 2. The standard InChI is InChI=1S/C68H80N8O21S4/c1-7-74-52-27-26-46-49(32-43(99(89,90)91)34-56(46)101(95,96)97)62(52)68(5,6)57(74)18-12-9-11-16-50-44(47-25-24-45-48(61(47)67(50,3)4)31-42(98(86,87)88)33-55(45)100(92,93)94)15-10-8-13-19-58(79)70-35-59(80)72-38(2)64(83)71-36-60(81)76-37-41(78)30-54(76)66(85)75-28-14-17-53(75)65(84)73-51(63(69)82)29-39-20-22-40(77)23-21-39/h9,11-12,16,18,20-27,31-34,38,41,51,53-54,77-78H,7-8,10,13-15,17,19,28-30,35-37H2,1-6H3,(H2,69,82)(H,70,79)(H,71,83)(H,72,80)(H,73,84)(H,86,87,88)(H,89,90,91)(H,92,93,94)(H,95,96,97)/b12-9+,16-11+,57-18+/t38?,41-,51?,53?,54?/m0/s1. The Labute approximate surface area is 584 Å². The van der Waals surface area contributed by atoms with Gasteiger partial charge in [0.2, 0.25) is 41.4 Å². The van der Waals surface area contributed by atoms with Crippen molar-refractivity contribution in [3.63, 3.8) is 0 Å². The third-order valence-electron chi connectivity index (χ3n) is 18.8. The number of carbonyl (C=O) groups is 7. The quantitative estimate of drug-likeness (QED) is 0.0208. The van der Waals surface area contributed by atoms with Crippen LogP contribution in [0.3, 0.4) is 0 Å². The van der Waals surface area contributed by atoms with Gasteiger partial charge in [0, 0.05) is 71.9 Å². The van der Waals surface area contributed by atoms with E-state index in [1.807, 2.05) is 51.7 Å². The summed E-state index contributed by atoms with van der Waals surface area (Å²) in [6.07, 6.45) is 9.89. The molecule has 3 heterocycles. The number of allylic oxidation sites excluding steroid dienone is 8. The van der Waals surface area contributed by atoms with Crippen LogP contribution in [0.4, 0.5) is 5.69 Å². The van der Waals surface area contributed by atoms with Crippen LogP contribution < -0.4 is 31.9 Å². The molecular formula is C68H80N8O21S4. The van der Waals surface area contributed by atoms with Crippen molar-refractivity contribution in [2.24, 2.45) is 5.73 Å². The Morgan fingerprint density at radius 2 is 1.29 bits per heavy atom. The Bertz CT molecular complexity index is 4840. The molecule has 5 aromatic rings. The van der Waals surface area contributed by atoms with E-state index >= 15 is 0 Å². The first-order chi connectivity index (χ1) is 47.1. The number of primary amides is 1. The Hall–Kier alpha value is -8.93. The minimum Gasteiger partial charge on any atom is -0.508 e. The van der Waals surface area contributed by atoms with Gasteiger partial charge in [0.25, 0.3) is 40.5 Å². The van der Waals surface area contributed by atoms with E-state index in [9.17, 15) is 95.7 Å². The molecule has 0 radical (unpaired) electrons. The third kappa shape index (κ3) is 16.5. The molecule has 33 heteroatoms. The van der Waals surface area contributed by atoms with E-state index in [1.165, 1.54) is 36.1 Å². The van der Waals surface area contributed by atoms with E-state index in [2.05, 4.69) is 21.3 Å². The van der Waals surface area contributed by atoms with Crippen molar-refractivity contribution in [1.82, 2.24) is 31.1 Å². The number of phenolic OH excluding ortho intramolecular Hbond substituents is 1. The Morgan fingerprint density at radius 1 is 0.673 bits per heavy atom. The number of fused-ring (bicyclic) bond motifs is 6. The molecule has 4 unspecified atom stereocenters. The molecule has 5 atom stereocenters. The molecule has 29 nitrogen and oxygen atoms in total. The molecule has 0 spiro atoms. The number of hydrogen-bond acceptors (Lipinski definition) is 18. The normalized spacial score (nSPS) is 19.3. The summed E-state index contributed by atoms with van der Waals surface area (Å²) in [7, 11) is -20.0. The molecule has 4 aliphatic rings. The van der Waals surface area contributed by atoms with Crippen LogP contribution in [0.25, 0.3) is 27.1 Å². The first kappa shape index (κ1) is 76.3. The third-order valence-corrected chi connectivity index (χ3v) is 22.3. The molecule has 12 N–H and O–H groups in total. The maximum absolute atomic E-state index is 14.0. The molecule has 0 saturated carbocycles. The zero-order valence-electron chi connectivity index (χ0n) is 56.0. The van der Waals surface area contributed by atoms with Crippen molar-refractivity contribution in [2.45, 2.75) is 160 Å². The van der Waals surface area contributed by atoms with Crippen molar-refractivity contribution < 1.29 is 95.7 Å². The minimum absolute atomic E-state index is 0.000693. The molecule has 0 aromatic heterocycles. The summed E-state index contributed by atoms with van der Waals surface area (Å²) in [6.45, 7) is 9.73. The number of anilines is 1. The Kier molecular flexibility index (Phi) is 22.3. The first-order valence-electron chi connectivity index (χ1n) is 32.3. The molecule has 101 heavy (non-hydrogen) atoms. The lowest BCUT2D eigenvalue weighted by Crippen LogP contribution is -2.56. The van der Waals surface area contributed by atoms with Gasteiger partial charge in [0.15, 0.2) is 0 Å². The van der Waals surface area contributed by atoms with Gasteiger partial charge in [0.1, 0.15) is 39.7 Å². The van der Waals surface area contributed by atoms with E-state index < -0.39 is 156 Å². The average molecular weight is 1470 g/mol. The summed E-state index contributed by atoms with van der Waals surface area (Å²) < 4.78 is 141. The van der Waals surface area contributed by atoms with Crippen LogP contribution in [0.1, 0.15) is 115 Å². The summed E-state index contributed by atoms with van der Waals surface area (Å²) in [5.41, 5.74) is 8.67. The molecule has 1 aliphatic carbocycles. The number of aliphatic hydroxyl groups excluding tert-OH is 1. The van der Waals surface area contributed by atoms with E-state index in [4.69, 9.17) is 5.73 Å². The molecule has 2 fully saturated rings. The van der Waals surface area contributed by atoms with E-state index in [1.54, 1.807) is 42.5 Å². The fourth-order valence-corrected chi connectivity index (χ4v) is 16.8. The van der Waals surface area contributed by atoms with Gasteiger partial charge in [-0.1, -0.05) is 88.8 Å². The van der Waals surface area contributed by atoms with Crippen molar-refractivity contribution >= 4 is 115 Å². The fourth-order valence-electron chi connectivity index (χ4n) is 14.1. The van der Waals surface area contributed by atoms with Gasteiger partial charge in [0.05, 0.1) is 29.0 Å². The molecular weight excluding hydrogens is 1390 g/mol. The van der Waals surface area contributed by atoms with Crippen LogP contribution in [0, 0.1) is 0 Å². The van der Waals surface area contributed by atoms with Gasteiger partial charge in [-0.05, 0) is 139 Å². The Morgan fingerprint density at radius 3 is 1.88 bits per heavy atom. The molecule has 0 bridgehead atoms.